The lowest BCUT2D eigenvalue weighted by Crippen LogP contribution is -2.34. The van der Waals surface area contributed by atoms with E-state index in [0.717, 1.165) is 30.0 Å². The predicted octanol–water partition coefficient (Wildman–Crippen LogP) is 3.14. The third-order valence-corrected chi connectivity index (χ3v) is 5.23. The van der Waals surface area contributed by atoms with Gasteiger partial charge in [-0.05, 0) is 24.5 Å². The number of urea groups is 1. The number of hydrogen-bond donors (Lipinski definition) is 1. The van der Waals surface area contributed by atoms with E-state index in [4.69, 9.17) is 0 Å². The summed E-state index contributed by atoms with van der Waals surface area (Å²) in [6.07, 6.45) is 3.94. The van der Waals surface area contributed by atoms with Crippen molar-refractivity contribution in [1.29, 1.82) is 0 Å². The van der Waals surface area contributed by atoms with E-state index in [1.807, 2.05) is 34.5 Å². The number of anilines is 1. The van der Waals surface area contributed by atoms with Crippen LogP contribution in [0.5, 0.6) is 0 Å². The molecule has 7 heteroatoms. The fourth-order valence-electron chi connectivity index (χ4n) is 2.97. The molecule has 1 fully saturated rings. The Morgan fingerprint density at radius 2 is 2.16 bits per heavy atom. The second-order valence-corrected chi connectivity index (χ2v) is 7.20. The number of hydrogen-bond acceptors (Lipinski definition) is 4. The summed E-state index contributed by atoms with van der Waals surface area (Å²) in [7, 11) is 3.46. The molecule has 6 nitrogen and oxygen atoms in total. The van der Waals surface area contributed by atoms with Crippen molar-refractivity contribution in [2.24, 2.45) is 0 Å². The molecule has 3 rings (SSSR count). The van der Waals surface area contributed by atoms with Crippen molar-refractivity contribution in [3.63, 3.8) is 0 Å². The highest BCUT2D eigenvalue weighted by atomic mass is 32.1. The molecule has 0 spiro atoms. The van der Waals surface area contributed by atoms with Gasteiger partial charge in [-0.1, -0.05) is 18.2 Å². The van der Waals surface area contributed by atoms with E-state index < -0.39 is 0 Å². The number of likely N-dealkylation sites (N-methyl/N-ethyl adjacent to an activating group) is 1. The highest BCUT2D eigenvalue weighted by molar-refractivity contribution is 7.09. The summed E-state index contributed by atoms with van der Waals surface area (Å²) in [4.78, 5) is 32.5. The Morgan fingerprint density at radius 3 is 2.88 bits per heavy atom. The second kappa shape index (κ2) is 7.65. The van der Waals surface area contributed by atoms with Gasteiger partial charge in [-0.15, -0.1) is 11.3 Å². The Bertz CT molecular complexity index is 745. The monoisotopic (exact) mass is 358 g/mol. The van der Waals surface area contributed by atoms with Crippen molar-refractivity contribution < 1.29 is 9.59 Å². The molecule has 0 radical (unpaired) electrons. The minimum Gasteiger partial charge on any atom is -0.349 e. The summed E-state index contributed by atoms with van der Waals surface area (Å²) in [6.45, 7) is 0.717. The fraction of sp³-hybridized carbons (Fsp3) is 0.389. The van der Waals surface area contributed by atoms with E-state index in [0.29, 0.717) is 5.69 Å². The maximum Gasteiger partial charge on any atom is 0.322 e. The first-order chi connectivity index (χ1) is 12.1. The van der Waals surface area contributed by atoms with Crippen LogP contribution < -0.4 is 5.32 Å². The zero-order valence-electron chi connectivity index (χ0n) is 14.4. The molecule has 0 bridgehead atoms. The van der Waals surface area contributed by atoms with Crippen LogP contribution in [-0.2, 0) is 11.2 Å². The average molecular weight is 358 g/mol. The fourth-order valence-corrected chi connectivity index (χ4v) is 3.76. The van der Waals surface area contributed by atoms with Gasteiger partial charge < -0.3 is 15.1 Å². The maximum atomic E-state index is 12.8. The van der Waals surface area contributed by atoms with Crippen molar-refractivity contribution in [3.8, 4) is 0 Å². The molecule has 1 aliphatic heterocycles. The minimum atomic E-state index is -0.137. The highest BCUT2D eigenvalue weighted by Crippen LogP contribution is 2.33. The molecule has 1 atom stereocenters. The van der Waals surface area contributed by atoms with Crippen LogP contribution in [0.25, 0.3) is 0 Å². The van der Waals surface area contributed by atoms with Crippen LogP contribution in [0, 0.1) is 0 Å². The molecule has 1 saturated heterocycles. The van der Waals surface area contributed by atoms with Crippen molar-refractivity contribution in [2.45, 2.75) is 25.3 Å². The summed E-state index contributed by atoms with van der Waals surface area (Å²) in [5.41, 5.74) is 1.51. The molecule has 132 valence electrons. The van der Waals surface area contributed by atoms with Crippen molar-refractivity contribution in [1.82, 2.24) is 14.8 Å². The number of thiazole rings is 1. The number of carbonyl (C=O) groups excluding carboxylic acids is 2. The molecule has 2 aromatic rings. The molecular formula is C18H22N4O2S. The van der Waals surface area contributed by atoms with E-state index in [-0.39, 0.29) is 24.4 Å². The molecule has 1 N–H and O–H groups in total. The average Bonchev–Trinajstić information content (AvgIpc) is 3.27. The first-order valence-corrected chi connectivity index (χ1v) is 9.19. The highest BCUT2D eigenvalue weighted by Gasteiger charge is 2.31. The van der Waals surface area contributed by atoms with Gasteiger partial charge in [0.25, 0.3) is 0 Å². The summed E-state index contributed by atoms with van der Waals surface area (Å²) >= 11 is 1.58. The van der Waals surface area contributed by atoms with E-state index in [1.165, 1.54) is 0 Å². The second-order valence-electron chi connectivity index (χ2n) is 6.27. The van der Waals surface area contributed by atoms with E-state index in [2.05, 4.69) is 10.3 Å². The Kier molecular flexibility index (Phi) is 5.33. The largest absolute Gasteiger partial charge is 0.349 e. The maximum absolute atomic E-state index is 12.8. The molecule has 1 aromatic carbocycles. The number of rotatable bonds is 4. The van der Waals surface area contributed by atoms with Crippen LogP contribution in [0.1, 0.15) is 29.5 Å². The Hall–Kier alpha value is -2.41. The summed E-state index contributed by atoms with van der Waals surface area (Å²) < 4.78 is 0. The number of likely N-dealkylation sites (tertiary alicyclic amines) is 1. The molecule has 0 saturated carbocycles. The number of amides is 3. The molecular weight excluding hydrogens is 336 g/mol. The third kappa shape index (κ3) is 3.99. The molecule has 3 amide bonds. The van der Waals surface area contributed by atoms with Gasteiger partial charge in [0.2, 0.25) is 5.91 Å². The van der Waals surface area contributed by atoms with Gasteiger partial charge in [0.15, 0.2) is 0 Å². The van der Waals surface area contributed by atoms with Crippen LogP contribution in [0.4, 0.5) is 10.5 Å². The normalized spacial score (nSPS) is 16.7. The van der Waals surface area contributed by atoms with E-state index in [1.54, 1.807) is 36.5 Å². The van der Waals surface area contributed by atoms with Crippen LogP contribution in [0.2, 0.25) is 0 Å². The van der Waals surface area contributed by atoms with E-state index >= 15 is 0 Å². The first-order valence-electron chi connectivity index (χ1n) is 8.31. The summed E-state index contributed by atoms with van der Waals surface area (Å²) in [6, 6.07) is 7.35. The molecule has 0 aliphatic carbocycles. The number of benzene rings is 1. The lowest BCUT2D eigenvalue weighted by Gasteiger charge is -2.24. The van der Waals surface area contributed by atoms with Gasteiger partial charge in [-0.2, -0.15) is 0 Å². The molecule has 0 unspecified atom stereocenters. The van der Waals surface area contributed by atoms with Gasteiger partial charge in [-0.3, -0.25) is 4.79 Å². The van der Waals surface area contributed by atoms with Crippen LogP contribution >= 0.6 is 11.3 Å². The topological polar surface area (TPSA) is 65.5 Å². The van der Waals surface area contributed by atoms with Crippen molar-refractivity contribution in [3.05, 3.63) is 46.4 Å². The van der Waals surface area contributed by atoms with E-state index in [9.17, 15) is 9.59 Å². The van der Waals surface area contributed by atoms with Gasteiger partial charge in [0.05, 0.1) is 12.5 Å². The first kappa shape index (κ1) is 17.4. The Labute approximate surface area is 151 Å². The van der Waals surface area contributed by atoms with Gasteiger partial charge >= 0.3 is 6.03 Å². The summed E-state index contributed by atoms with van der Waals surface area (Å²) in [5, 5.41) is 5.89. The van der Waals surface area contributed by atoms with Gasteiger partial charge in [0, 0.05) is 37.9 Å². The van der Waals surface area contributed by atoms with Crippen LogP contribution in [0.3, 0.4) is 0 Å². The summed E-state index contributed by atoms with van der Waals surface area (Å²) in [5.74, 6) is 0.00327. The zero-order valence-corrected chi connectivity index (χ0v) is 15.3. The lowest BCUT2D eigenvalue weighted by molar-refractivity contribution is -0.127. The van der Waals surface area contributed by atoms with Crippen molar-refractivity contribution >= 4 is 29.0 Å². The molecule has 1 aliphatic rings. The number of nitrogens with one attached hydrogen (secondary N) is 1. The quantitative estimate of drug-likeness (QED) is 0.913. The smallest absolute Gasteiger partial charge is 0.322 e. The number of aromatic nitrogens is 1. The van der Waals surface area contributed by atoms with Gasteiger partial charge in [-0.25, -0.2) is 9.78 Å². The molecule has 25 heavy (non-hydrogen) atoms. The standard InChI is InChI=1S/C18H22N4O2S/c1-21(2)16(23)12-13-6-3-4-7-14(13)20-18(24)22-10-5-8-15(22)17-19-9-11-25-17/h3-4,6-7,9,11,15H,5,8,10,12H2,1-2H3,(H,20,24)/t15-/m0/s1. The van der Waals surface area contributed by atoms with Crippen LogP contribution in [-0.4, -0.2) is 47.4 Å². The minimum absolute atomic E-state index is 0.00327. The lowest BCUT2D eigenvalue weighted by atomic mass is 10.1. The number of carbonyl (C=O) groups is 2. The van der Waals surface area contributed by atoms with Crippen molar-refractivity contribution in [2.75, 3.05) is 26.0 Å². The third-order valence-electron chi connectivity index (χ3n) is 4.35. The van der Waals surface area contributed by atoms with Crippen LogP contribution in [0.15, 0.2) is 35.8 Å². The molecule has 1 aromatic heterocycles. The Balaban J connectivity index is 1.74. The SMILES string of the molecule is CN(C)C(=O)Cc1ccccc1NC(=O)N1CCC[C@H]1c1nccs1. The predicted molar refractivity (Wildman–Crippen MR) is 98.7 cm³/mol. The zero-order chi connectivity index (χ0) is 17.8. The number of nitrogens with zero attached hydrogens (tertiary/aromatic N) is 3. The Morgan fingerprint density at radius 1 is 1.36 bits per heavy atom. The number of para-hydroxylation sites is 1. The van der Waals surface area contributed by atoms with Gasteiger partial charge in [0.1, 0.15) is 5.01 Å². The molecule has 2 heterocycles.